The molecule has 0 saturated carbocycles. The van der Waals surface area contributed by atoms with E-state index in [-0.39, 0.29) is 17.2 Å². The number of benzene rings is 3. The summed E-state index contributed by atoms with van der Waals surface area (Å²) < 4.78 is 1.65. The fourth-order valence-electron chi connectivity index (χ4n) is 4.07. The summed E-state index contributed by atoms with van der Waals surface area (Å²) in [6, 6.07) is 19.3. The minimum atomic E-state index is -0.131. The maximum absolute atomic E-state index is 13.5. The molecule has 0 aliphatic heterocycles. The van der Waals surface area contributed by atoms with Crippen LogP contribution in [0.3, 0.4) is 0 Å². The molecular weight excluding hydrogens is 430 g/mol. The van der Waals surface area contributed by atoms with Crippen molar-refractivity contribution < 1.29 is 4.79 Å². The number of carbonyl (C=O) groups excluding carboxylic acids is 1. The van der Waals surface area contributed by atoms with Crippen LogP contribution in [0.2, 0.25) is 0 Å². The third-order valence-electron chi connectivity index (χ3n) is 5.74. The lowest BCUT2D eigenvalue weighted by molar-refractivity contribution is -0.113. The van der Waals surface area contributed by atoms with E-state index in [4.69, 9.17) is 4.98 Å². The van der Waals surface area contributed by atoms with Crippen molar-refractivity contribution in [3.8, 4) is 5.69 Å². The Morgan fingerprint density at radius 3 is 2.33 bits per heavy atom. The van der Waals surface area contributed by atoms with Crippen LogP contribution in [0.5, 0.6) is 0 Å². The van der Waals surface area contributed by atoms with Crippen LogP contribution in [0.25, 0.3) is 16.6 Å². The second kappa shape index (κ2) is 9.63. The van der Waals surface area contributed by atoms with E-state index in [1.54, 1.807) is 10.6 Å². The van der Waals surface area contributed by atoms with Gasteiger partial charge in [-0.25, -0.2) is 4.98 Å². The molecule has 0 aliphatic carbocycles. The van der Waals surface area contributed by atoms with Crippen molar-refractivity contribution in [2.75, 3.05) is 11.1 Å². The molecule has 1 heterocycles. The smallest absolute Gasteiger partial charge is 0.266 e. The molecule has 5 nitrogen and oxygen atoms in total. The summed E-state index contributed by atoms with van der Waals surface area (Å²) in [7, 11) is 0. The van der Waals surface area contributed by atoms with Gasteiger partial charge in [-0.1, -0.05) is 67.2 Å². The molecule has 0 saturated heterocycles. The van der Waals surface area contributed by atoms with E-state index >= 15 is 0 Å². The molecule has 0 aliphatic rings. The normalized spacial score (nSPS) is 11.0. The number of thioether (sulfide) groups is 1. The highest BCUT2D eigenvalue weighted by Crippen LogP contribution is 2.26. The molecule has 1 N–H and O–H groups in total. The largest absolute Gasteiger partial charge is 0.325 e. The van der Waals surface area contributed by atoms with Crippen molar-refractivity contribution in [3.63, 3.8) is 0 Å². The average molecular weight is 458 g/mol. The predicted octanol–water partition coefficient (Wildman–Crippen LogP) is 5.60. The Morgan fingerprint density at radius 1 is 0.939 bits per heavy atom. The molecule has 0 unspecified atom stereocenters. The molecule has 33 heavy (non-hydrogen) atoms. The number of anilines is 1. The first-order valence-electron chi connectivity index (χ1n) is 11.0. The molecule has 0 bridgehead atoms. The Balaban J connectivity index is 1.72. The highest BCUT2D eigenvalue weighted by atomic mass is 32.2. The molecular formula is C27H27N3O2S. The Labute approximate surface area is 197 Å². The quantitative estimate of drug-likeness (QED) is 0.302. The molecule has 1 amide bonds. The number of amides is 1. The summed E-state index contributed by atoms with van der Waals surface area (Å²) in [5.41, 5.74) is 6.27. The van der Waals surface area contributed by atoms with Gasteiger partial charge >= 0.3 is 0 Å². The first-order chi connectivity index (χ1) is 15.9. The molecule has 4 aromatic rings. The molecule has 1 aromatic heterocycles. The monoisotopic (exact) mass is 457 g/mol. The van der Waals surface area contributed by atoms with Crippen molar-refractivity contribution in [2.45, 2.75) is 39.3 Å². The van der Waals surface area contributed by atoms with Gasteiger partial charge < -0.3 is 5.32 Å². The van der Waals surface area contributed by atoms with Gasteiger partial charge in [0.05, 0.1) is 22.3 Å². The second-order valence-electron chi connectivity index (χ2n) is 8.09. The van der Waals surface area contributed by atoms with E-state index in [0.29, 0.717) is 16.1 Å². The molecule has 0 radical (unpaired) electrons. The zero-order valence-corrected chi connectivity index (χ0v) is 20.1. The number of aryl methyl sites for hydroxylation is 4. The summed E-state index contributed by atoms with van der Waals surface area (Å²) in [5, 5.41) is 4.12. The number of carbonyl (C=O) groups is 1. The summed E-state index contributed by atoms with van der Waals surface area (Å²) in [4.78, 5) is 31.2. The minimum absolute atomic E-state index is 0.125. The lowest BCUT2D eigenvalue weighted by Gasteiger charge is -2.17. The second-order valence-corrected chi connectivity index (χ2v) is 9.03. The van der Waals surface area contributed by atoms with Crippen LogP contribution < -0.4 is 10.9 Å². The minimum Gasteiger partial charge on any atom is -0.325 e. The van der Waals surface area contributed by atoms with E-state index in [1.165, 1.54) is 11.8 Å². The van der Waals surface area contributed by atoms with E-state index in [2.05, 4.69) is 12.2 Å². The van der Waals surface area contributed by atoms with Crippen molar-refractivity contribution in [1.29, 1.82) is 0 Å². The molecule has 168 valence electrons. The molecule has 0 atom stereocenters. The topological polar surface area (TPSA) is 64.0 Å². The average Bonchev–Trinajstić information content (AvgIpc) is 2.80. The summed E-state index contributed by atoms with van der Waals surface area (Å²) in [6.07, 6.45) is 0.836. The summed E-state index contributed by atoms with van der Waals surface area (Å²) in [5.74, 6) is 0.0205. The molecule has 6 heteroatoms. The SMILES string of the molecule is CCc1cccc(C)c1NC(=O)CSc1nc2ccccc2c(=O)n1-c1c(C)cccc1C. The van der Waals surface area contributed by atoms with Crippen LogP contribution in [0, 0.1) is 20.8 Å². The van der Waals surface area contributed by atoms with Gasteiger partial charge in [0.2, 0.25) is 5.91 Å². The van der Waals surface area contributed by atoms with Crippen LogP contribution in [0.1, 0.15) is 29.2 Å². The van der Waals surface area contributed by atoms with Crippen molar-refractivity contribution in [1.82, 2.24) is 9.55 Å². The fraction of sp³-hybridized carbons (Fsp3) is 0.222. The number of hydrogen-bond acceptors (Lipinski definition) is 4. The number of nitrogens with one attached hydrogen (secondary N) is 1. The van der Waals surface area contributed by atoms with Crippen molar-refractivity contribution >= 4 is 34.3 Å². The van der Waals surface area contributed by atoms with E-state index < -0.39 is 0 Å². The standard InChI is InChI=1S/C27H27N3O2S/c1-5-20-13-9-10-17(2)24(20)29-23(31)16-33-27-28-22-15-7-6-14-21(22)26(32)30(27)25-18(3)11-8-12-19(25)4/h6-15H,5,16H2,1-4H3,(H,29,31). The van der Waals surface area contributed by atoms with Crippen LogP contribution in [0.15, 0.2) is 70.6 Å². The van der Waals surface area contributed by atoms with Gasteiger partial charge in [-0.3, -0.25) is 14.2 Å². The fourth-order valence-corrected chi connectivity index (χ4v) is 4.87. The highest BCUT2D eigenvalue weighted by molar-refractivity contribution is 7.99. The zero-order valence-electron chi connectivity index (χ0n) is 19.3. The summed E-state index contributed by atoms with van der Waals surface area (Å²) >= 11 is 1.27. The first-order valence-corrected chi connectivity index (χ1v) is 12.0. The molecule has 4 rings (SSSR count). The van der Waals surface area contributed by atoms with Gasteiger partial charge in [0, 0.05) is 5.69 Å². The Morgan fingerprint density at radius 2 is 1.61 bits per heavy atom. The Kier molecular flexibility index (Phi) is 6.65. The van der Waals surface area contributed by atoms with E-state index in [9.17, 15) is 9.59 Å². The number of para-hydroxylation sites is 3. The Hall–Kier alpha value is -3.38. The van der Waals surface area contributed by atoms with Gasteiger partial charge in [0.25, 0.3) is 5.56 Å². The van der Waals surface area contributed by atoms with Crippen molar-refractivity contribution in [3.05, 3.63) is 93.3 Å². The van der Waals surface area contributed by atoms with Gasteiger partial charge in [-0.05, 0) is 61.6 Å². The Bertz CT molecular complexity index is 1390. The first kappa shape index (κ1) is 22.8. The third kappa shape index (κ3) is 4.57. The molecule has 0 fully saturated rings. The third-order valence-corrected chi connectivity index (χ3v) is 6.68. The lowest BCUT2D eigenvalue weighted by Crippen LogP contribution is -2.24. The van der Waals surface area contributed by atoms with Crippen LogP contribution >= 0.6 is 11.8 Å². The van der Waals surface area contributed by atoms with E-state index in [0.717, 1.165) is 40.0 Å². The van der Waals surface area contributed by atoms with Gasteiger partial charge in [0.15, 0.2) is 5.16 Å². The number of fused-ring (bicyclic) bond motifs is 1. The van der Waals surface area contributed by atoms with Crippen molar-refractivity contribution in [2.24, 2.45) is 0 Å². The van der Waals surface area contributed by atoms with Gasteiger partial charge in [0.1, 0.15) is 0 Å². The van der Waals surface area contributed by atoms with Gasteiger partial charge in [-0.2, -0.15) is 0 Å². The maximum atomic E-state index is 13.5. The number of aromatic nitrogens is 2. The number of rotatable bonds is 6. The highest BCUT2D eigenvalue weighted by Gasteiger charge is 2.18. The maximum Gasteiger partial charge on any atom is 0.266 e. The zero-order chi connectivity index (χ0) is 23.5. The van der Waals surface area contributed by atoms with Crippen LogP contribution in [-0.4, -0.2) is 21.2 Å². The lowest BCUT2D eigenvalue weighted by atomic mass is 10.1. The predicted molar refractivity (Wildman–Crippen MR) is 137 cm³/mol. The van der Waals surface area contributed by atoms with E-state index in [1.807, 2.05) is 75.4 Å². The van der Waals surface area contributed by atoms with Crippen LogP contribution in [0.4, 0.5) is 5.69 Å². The summed E-state index contributed by atoms with van der Waals surface area (Å²) in [6.45, 7) is 8.03. The number of hydrogen-bond donors (Lipinski definition) is 1. The molecule has 3 aromatic carbocycles. The van der Waals surface area contributed by atoms with Gasteiger partial charge in [-0.15, -0.1) is 0 Å². The number of nitrogens with zero attached hydrogens (tertiary/aromatic N) is 2. The van der Waals surface area contributed by atoms with Crippen LogP contribution in [-0.2, 0) is 11.2 Å². The molecule has 0 spiro atoms.